The molecule has 0 bridgehead atoms. The summed E-state index contributed by atoms with van der Waals surface area (Å²) in [6.45, 7) is 3.82. The molecule has 0 unspecified atom stereocenters. The van der Waals surface area contributed by atoms with E-state index in [4.69, 9.17) is 5.73 Å². The number of nitrogen functional groups attached to an aromatic ring is 1. The zero-order valence-electron chi connectivity index (χ0n) is 7.61. The van der Waals surface area contributed by atoms with Crippen molar-refractivity contribution in [2.24, 2.45) is 0 Å². The van der Waals surface area contributed by atoms with E-state index in [-0.39, 0.29) is 5.82 Å². The summed E-state index contributed by atoms with van der Waals surface area (Å²) >= 11 is 0. The molecule has 13 heavy (non-hydrogen) atoms. The largest absolute Gasteiger partial charge is 0.397 e. The molecule has 1 aromatic carbocycles. The van der Waals surface area contributed by atoms with Crippen LogP contribution in [0.4, 0.5) is 10.1 Å². The predicted molar refractivity (Wildman–Crippen MR) is 52.1 cm³/mol. The number of aromatic nitrogens is 1. The smallest absolute Gasteiger partial charge is 0.147 e. The van der Waals surface area contributed by atoms with Crippen molar-refractivity contribution in [2.45, 2.75) is 13.8 Å². The highest BCUT2D eigenvalue weighted by Crippen LogP contribution is 2.28. The summed E-state index contributed by atoms with van der Waals surface area (Å²) in [4.78, 5) is 2.82. The monoisotopic (exact) mass is 178 g/mol. The minimum absolute atomic E-state index is 0.241. The van der Waals surface area contributed by atoms with Gasteiger partial charge in [0.15, 0.2) is 0 Å². The van der Waals surface area contributed by atoms with Crippen LogP contribution >= 0.6 is 0 Å². The minimum Gasteiger partial charge on any atom is -0.397 e. The van der Waals surface area contributed by atoms with Gasteiger partial charge in [-0.1, -0.05) is 0 Å². The van der Waals surface area contributed by atoms with Gasteiger partial charge in [-0.3, -0.25) is 0 Å². The Kier molecular flexibility index (Phi) is 1.55. The van der Waals surface area contributed by atoms with E-state index in [1.807, 2.05) is 13.8 Å². The molecule has 1 heterocycles. The fraction of sp³-hybridized carbons (Fsp3) is 0.200. The molecule has 0 spiro atoms. The summed E-state index contributed by atoms with van der Waals surface area (Å²) in [5, 5.41) is 0.803. The Morgan fingerprint density at radius 1 is 1.38 bits per heavy atom. The van der Waals surface area contributed by atoms with Crippen LogP contribution in [-0.4, -0.2) is 4.98 Å². The summed E-state index contributed by atoms with van der Waals surface area (Å²) in [7, 11) is 0. The van der Waals surface area contributed by atoms with E-state index < -0.39 is 0 Å². The second-order valence-electron chi connectivity index (χ2n) is 3.29. The molecule has 0 saturated carbocycles. The van der Waals surface area contributed by atoms with Crippen LogP contribution in [0.5, 0.6) is 0 Å². The van der Waals surface area contributed by atoms with Crippen LogP contribution in [0.15, 0.2) is 12.3 Å². The van der Waals surface area contributed by atoms with Crippen molar-refractivity contribution >= 4 is 16.6 Å². The summed E-state index contributed by atoms with van der Waals surface area (Å²) in [5.41, 5.74) is 8.79. The van der Waals surface area contributed by atoms with Gasteiger partial charge in [-0.2, -0.15) is 0 Å². The molecule has 2 aromatic rings. The molecule has 0 amide bonds. The number of anilines is 1. The molecular weight excluding hydrogens is 167 g/mol. The van der Waals surface area contributed by atoms with Crippen LogP contribution in [0.25, 0.3) is 10.9 Å². The van der Waals surface area contributed by atoms with Crippen LogP contribution in [0.2, 0.25) is 0 Å². The van der Waals surface area contributed by atoms with E-state index in [1.165, 1.54) is 6.07 Å². The summed E-state index contributed by atoms with van der Waals surface area (Å²) < 4.78 is 13.4. The molecule has 1 aromatic heterocycles. The maximum absolute atomic E-state index is 13.4. The number of halogens is 1. The lowest BCUT2D eigenvalue weighted by Gasteiger charge is -2.03. The Balaban J connectivity index is 3.00. The van der Waals surface area contributed by atoms with Crippen molar-refractivity contribution < 1.29 is 4.39 Å². The highest BCUT2D eigenvalue weighted by Gasteiger charge is 2.10. The first kappa shape index (κ1) is 8.10. The van der Waals surface area contributed by atoms with Gasteiger partial charge in [-0.25, -0.2) is 4.39 Å². The third kappa shape index (κ3) is 1.00. The van der Waals surface area contributed by atoms with Gasteiger partial charge >= 0.3 is 0 Å². The van der Waals surface area contributed by atoms with Crippen LogP contribution in [-0.2, 0) is 0 Å². The van der Waals surface area contributed by atoms with Crippen LogP contribution in [0, 0.1) is 19.7 Å². The number of fused-ring (bicyclic) bond motifs is 1. The van der Waals surface area contributed by atoms with Gasteiger partial charge in [0.2, 0.25) is 0 Å². The molecule has 3 N–H and O–H groups in total. The first-order valence-corrected chi connectivity index (χ1v) is 4.13. The fourth-order valence-electron chi connectivity index (χ4n) is 1.60. The van der Waals surface area contributed by atoms with Crippen molar-refractivity contribution in [3.8, 4) is 0 Å². The van der Waals surface area contributed by atoms with Crippen LogP contribution in [0.1, 0.15) is 11.1 Å². The Hall–Kier alpha value is -1.51. The number of aromatic amines is 1. The second kappa shape index (κ2) is 2.49. The van der Waals surface area contributed by atoms with Gasteiger partial charge in [-0.15, -0.1) is 0 Å². The van der Waals surface area contributed by atoms with E-state index in [2.05, 4.69) is 4.98 Å². The standard InChI is InChI=1S/C10H11FN2/c1-5-3-7(11)10-9(6(5)2)8(12)4-13-10/h3-4,13H,12H2,1-2H3. The molecule has 0 fully saturated rings. The molecule has 0 radical (unpaired) electrons. The van der Waals surface area contributed by atoms with Crippen molar-refractivity contribution in [1.82, 2.24) is 4.98 Å². The lowest BCUT2D eigenvalue weighted by Crippen LogP contribution is -1.89. The van der Waals surface area contributed by atoms with Gasteiger partial charge in [0.05, 0.1) is 11.2 Å². The van der Waals surface area contributed by atoms with E-state index in [9.17, 15) is 4.39 Å². The van der Waals surface area contributed by atoms with Crippen LogP contribution < -0.4 is 5.73 Å². The molecule has 2 nitrogen and oxygen atoms in total. The quantitative estimate of drug-likeness (QED) is 0.639. The third-order valence-corrected chi connectivity index (χ3v) is 2.46. The van der Waals surface area contributed by atoms with Gasteiger partial charge in [0.1, 0.15) is 5.82 Å². The number of nitrogens with two attached hydrogens (primary N) is 1. The number of H-pyrrole nitrogens is 1. The van der Waals surface area contributed by atoms with E-state index in [0.717, 1.165) is 16.5 Å². The average molecular weight is 178 g/mol. The first-order valence-electron chi connectivity index (χ1n) is 4.13. The van der Waals surface area contributed by atoms with E-state index >= 15 is 0 Å². The van der Waals surface area contributed by atoms with Crippen molar-refractivity contribution in [3.63, 3.8) is 0 Å². The number of hydrogen-bond acceptors (Lipinski definition) is 1. The van der Waals surface area contributed by atoms with Crippen molar-refractivity contribution in [3.05, 3.63) is 29.2 Å². The predicted octanol–water partition coefficient (Wildman–Crippen LogP) is 2.51. The number of aryl methyl sites for hydroxylation is 2. The Morgan fingerprint density at radius 2 is 2.08 bits per heavy atom. The second-order valence-corrected chi connectivity index (χ2v) is 3.29. The molecule has 3 heteroatoms. The first-order chi connectivity index (χ1) is 6.11. The van der Waals surface area contributed by atoms with Crippen molar-refractivity contribution in [2.75, 3.05) is 5.73 Å². The molecule has 0 atom stereocenters. The average Bonchev–Trinajstić information content (AvgIpc) is 2.44. The number of rotatable bonds is 0. The van der Waals surface area contributed by atoms with Gasteiger partial charge in [0.25, 0.3) is 0 Å². The van der Waals surface area contributed by atoms with Crippen molar-refractivity contribution in [1.29, 1.82) is 0 Å². The summed E-state index contributed by atoms with van der Waals surface area (Å²) in [6.07, 6.45) is 1.63. The van der Waals surface area contributed by atoms with Gasteiger partial charge < -0.3 is 10.7 Å². The summed E-state index contributed by atoms with van der Waals surface area (Å²) in [5.74, 6) is -0.241. The number of hydrogen-bond donors (Lipinski definition) is 2. The highest BCUT2D eigenvalue weighted by atomic mass is 19.1. The van der Waals surface area contributed by atoms with Crippen LogP contribution in [0.3, 0.4) is 0 Å². The fourth-order valence-corrected chi connectivity index (χ4v) is 1.60. The molecule has 2 rings (SSSR count). The zero-order valence-corrected chi connectivity index (χ0v) is 7.61. The highest BCUT2D eigenvalue weighted by molar-refractivity contribution is 5.95. The molecule has 68 valence electrons. The van der Waals surface area contributed by atoms with Gasteiger partial charge in [-0.05, 0) is 31.0 Å². The lowest BCUT2D eigenvalue weighted by atomic mass is 10.0. The minimum atomic E-state index is -0.241. The topological polar surface area (TPSA) is 41.8 Å². The van der Waals surface area contributed by atoms with E-state index in [0.29, 0.717) is 11.2 Å². The Morgan fingerprint density at radius 3 is 2.77 bits per heavy atom. The molecule has 0 aliphatic carbocycles. The zero-order chi connectivity index (χ0) is 9.59. The number of nitrogens with one attached hydrogen (secondary N) is 1. The Labute approximate surface area is 75.6 Å². The molecular formula is C10H11FN2. The molecule has 0 saturated heterocycles. The maximum atomic E-state index is 13.4. The molecule has 0 aliphatic rings. The SMILES string of the molecule is Cc1cc(F)c2[nH]cc(N)c2c1C. The number of benzene rings is 1. The summed E-state index contributed by atoms with van der Waals surface area (Å²) in [6, 6.07) is 1.52. The normalized spacial score (nSPS) is 11.0. The maximum Gasteiger partial charge on any atom is 0.147 e. The third-order valence-electron chi connectivity index (χ3n) is 2.46. The van der Waals surface area contributed by atoms with Gasteiger partial charge in [0, 0.05) is 11.6 Å². The molecule has 0 aliphatic heterocycles. The Bertz CT molecular complexity index is 471. The lowest BCUT2D eigenvalue weighted by molar-refractivity contribution is 0.636. The van der Waals surface area contributed by atoms with E-state index in [1.54, 1.807) is 6.20 Å².